The van der Waals surface area contributed by atoms with Gasteiger partial charge in [0.25, 0.3) is 0 Å². The second-order valence-corrected chi connectivity index (χ2v) is 6.92. The fourth-order valence-electron chi connectivity index (χ4n) is 3.49. The summed E-state index contributed by atoms with van der Waals surface area (Å²) in [4.78, 5) is 12.3. The van der Waals surface area contributed by atoms with E-state index in [1.165, 1.54) is 0 Å². The van der Waals surface area contributed by atoms with E-state index in [4.69, 9.17) is 20.8 Å². The Balaban J connectivity index is 1.65. The third-order valence-electron chi connectivity index (χ3n) is 4.74. The van der Waals surface area contributed by atoms with Crippen molar-refractivity contribution in [3.63, 3.8) is 0 Å². The molecule has 0 spiro atoms. The Morgan fingerprint density at radius 2 is 1.84 bits per heavy atom. The fourth-order valence-corrected chi connectivity index (χ4v) is 3.70. The monoisotopic (exact) mass is 354 g/mol. The Labute approximate surface area is 151 Å². The van der Waals surface area contributed by atoms with Crippen LogP contribution in [-0.4, -0.2) is 0 Å². The average Bonchev–Trinajstić information content (AvgIpc) is 2.86. The van der Waals surface area contributed by atoms with E-state index in [1.54, 1.807) is 0 Å². The second-order valence-electron chi connectivity index (χ2n) is 6.48. The normalized spacial score (nSPS) is 14.1. The van der Waals surface area contributed by atoms with Gasteiger partial charge in [-0.05, 0) is 61.1 Å². The van der Waals surface area contributed by atoms with Crippen molar-refractivity contribution < 1.29 is 9.15 Å². The zero-order valence-electron chi connectivity index (χ0n) is 13.9. The fraction of sp³-hybridized carbons (Fsp3) is 0.286. The molecule has 1 aromatic heterocycles. The number of halogens is 1. The first kappa shape index (κ1) is 16.2. The van der Waals surface area contributed by atoms with E-state index in [-0.39, 0.29) is 5.63 Å². The van der Waals surface area contributed by atoms with Crippen molar-refractivity contribution in [2.24, 2.45) is 0 Å². The third kappa shape index (κ3) is 3.42. The van der Waals surface area contributed by atoms with E-state index < -0.39 is 0 Å². The van der Waals surface area contributed by atoms with Gasteiger partial charge in [0.1, 0.15) is 17.9 Å². The van der Waals surface area contributed by atoms with E-state index in [2.05, 4.69) is 0 Å². The summed E-state index contributed by atoms with van der Waals surface area (Å²) in [5.41, 5.74) is 3.42. The number of rotatable bonds is 3. The van der Waals surface area contributed by atoms with Gasteiger partial charge in [0.15, 0.2) is 0 Å². The molecule has 0 unspecified atom stereocenters. The Bertz CT molecular complexity index is 975. The zero-order valence-corrected chi connectivity index (χ0v) is 14.6. The average molecular weight is 355 g/mol. The van der Waals surface area contributed by atoms with Crippen molar-refractivity contribution in [3.05, 3.63) is 74.6 Å². The predicted molar refractivity (Wildman–Crippen MR) is 99.5 cm³/mol. The molecule has 1 aliphatic rings. The molecule has 0 radical (unpaired) electrons. The van der Waals surface area contributed by atoms with Crippen molar-refractivity contribution in [2.45, 2.75) is 38.7 Å². The molecule has 2 aromatic carbocycles. The number of aryl methyl sites for hydroxylation is 1. The molecule has 0 saturated carbocycles. The molecular formula is C21H19ClO3. The zero-order chi connectivity index (χ0) is 17.2. The van der Waals surface area contributed by atoms with Crippen molar-refractivity contribution in [1.82, 2.24) is 0 Å². The van der Waals surface area contributed by atoms with Gasteiger partial charge in [0.05, 0.1) is 0 Å². The number of ether oxygens (including phenoxy) is 1. The minimum absolute atomic E-state index is 0.198. The van der Waals surface area contributed by atoms with Crippen LogP contribution in [0.25, 0.3) is 11.0 Å². The largest absolute Gasteiger partial charge is 0.489 e. The Kier molecular flexibility index (Phi) is 4.50. The summed E-state index contributed by atoms with van der Waals surface area (Å²) in [6.45, 7) is 0.418. The van der Waals surface area contributed by atoms with Gasteiger partial charge < -0.3 is 9.15 Å². The molecule has 4 rings (SSSR count). The van der Waals surface area contributed by atoms with Gasteiger partial charge in [0, 0.05) is 22.0 Å². The lowest BCUT2D eigenvalue weighted by Gasteiger charge is -2.11. The van der Waals surface area contributed by atoms with E-state index in [0.717, 1.165) is 54.2 Å². The van der Waals surface area contributed by atoms with Gasteiger partial charge in [-0.25, -0.2) is 4.79 Å². The molecule has 25 heavy (non-hydrogen) atoms. The first-order valence-corrected chi connectivity index (χ1v) is 9.04. The lowest BCUT2D eigenvalue weighted by atomic mass is 10.0. The predicted octanol–water partition coefficient (Wildman–Crippen LogP) is 5.29. The van der Waals surface area contributed by atoms with Crippen molar-refractivity contribution >= 4 is 22.6 Å². The SMILES string of the molecule is O=c1oc2cc(OCc3cccc(Cl)c3)ccc2c2c1CCCCC2. The Hall–Kier alpha value is -2.26. The van der Waals surface area contributed by atoms with Crippen LogP contribution in [0, 0.1) is 0 Å². The smallest absolute Gasteiger partial charge is 0.339 e. The topological polar surface area (TPSA) is 39.4 Å². The summed E-state index contributed by atoms with van der Waals surface area (Å²) in [5, 5.41) is 1.72. The molecule has 3 nitrogen and oxygen atoms in total. The number of hydrogen-bond acceptors (Lipinski definition) is 3. The van der Waals surface area contributed by atoms with E-state index in [0.29, 0.717) is 23.0 Å². The van der Waals surface area contributed by atoms with Gasteiger partial charge in [-0.2, -0.15) is 0 Å². The molecular weight excluding hydrogens is 336 g/mol. The summed E-state index contributed by atoms with van der Waals surface area (Å²) in [6, 6.07) is 13.3. The minimum atomic E-state index is -0.198. The molecule has 0 saturated heterocycles. The van der Waals surface area contributed by atoms with Gasteiger partial charge in [-0.3, -0.25) is 0 Å². The maximum absolute atomic E-state index is 12.3. The van der Waals surface area contributed by atoms with Crippen LogP contribution < -0.4 is 10.4 Å². The molecule has 1 aliphatic carbocycles. The van der Waals surface area contributed by atoms with E-state index in [9.17, 15) is 4.79 Å². The van der Waals surface area contributed by atoms with Gasteiger partial charge >= 0.3 is 5.63 Å². The Morgan fingerprint density at radius 1 is 1.00 bits per heavy atom. The van der Waals surface area contributed by atoms with Gasteiger partial charge in [0.2, 0.25) is 0 Å². The van der Waals surface area contributed by atoms with Gasteiger partial charge in [-0.15, -0.1) is 0 Å². The summed E-state index contributed by atoms with van der Waals surface area (Å²) in [7, 11) is 0. The quantitative estimate of drug-likeness (QED) is 0.473. The number of fused-ring (bicyclic) bond motifs is 3. The van der Waals surface area contributed by atoms with Crippen molar-refractivity contribution in [1.29, 1.82) is 0 Å². The molecule has 3 aromatic rings. The highest BCUT2D eigenvalue weighted by Crippen LogP contribution is 2.29. The van der Waals surface area contributed by atoms with Crippen LogP contribution in [-0.2, 0) is 19.4 Å². The van der Waals surface area contributed by atoms with Gasteiger partial charge in [-0.1, -0.05) is 30.2 Å². The molecule has 1 heterocycles. The standard InChI is InChI=1S/C21H19ClO3/c22-15-6-4-5-14(11-15)13-24-16-9-10-18-17-7-2-1-3-8-19(17)21(23)25-20(18)12-16/h4-6,9-12H,1-3,7-8,13H2. The maximum Gasteiger partial charge on any atom is 0.339 e. The summed E-state index contributed by atoms with van der Waals surface area (Å²) < 4.78 is 11.4. The highest BCUT2D eigenvalue weighted by molar-refractivity contribution is 6.30. The van der Waals surface area contributed by atoms with Crippen LogP contribution in [0.1, 0.15) is 36.0 Å². The molecule has 0 bridgehead atoms. The molecule has 4 heteroatoms. The van der Waals surface area contributed by atoms with Crippen LogP contribution >= 0.6 is 11.6 Å². The van der Waals surface area contributed by atoms with Crippen LogP contribution in [0.4, 0.5) is 0 Å². The van der Waals surface area contributed by atoms with Crippen molar-refractivity contribution in [2.75, 3.05) is 0 Å². The lowest BCUT2D eigenvalue weighted by Crippen LogP contribution is -2.10. The van der Waals surface area contributed by atoms with E-state index >= 15 is 0 Å². The molecule has 0 atom stereocenters. The number of hydrogen-bond donors (Lipinski definition) is 0. The molecule has 0 amide bonds. The van der Waals surface area contributed by atoms with Crippen LogP contribution in [0.15, 0.2) is 51.7 Å². The highest BCUT2D eigenvalue weighted by Gasteiger charge is 2.17. The summed E-state index contributed by atoms with van der Waals surface area (Å²) in [6.07, 6.45) is 5.11. The molecule has 0 N–H and O–H groups in total. The summed E-state index contributed by atoms with van der Waals surface area (Å²) >= 11 is 6.00. The van der Waals surface area contributed by atoms with Crippen LogP contribution in [0.3, 0.4) is 0 Å². The van der Waals surface area contributed by atoms with E-state index in [1.807, 2.05) is 42.5 Å². The first-order chi connectivity index (χ1) is 12.2. The first-order valence-electron chi connectivity index (χ1n) is 8.66. The maximum atomic E-state index is 12.3. The summed E-state index contributed by atoms with van der Waals surface area (Å²) in [5.74, 6) is 0.684. The second kappa shape index (κ2) is 6.93. The highest BCUT2D eigenvalue weighted by atomic mass is 35.5. The van der Waals surface area contributed by atoms with Crippen LogP contribution in [0.2, 0.25) is 5.02 Å². The third-order valence-corrected chi connectivity index (χ3v) is 4.97. The molecule has 0 fully saturated rings. The molecule has 0 aliphatic heterocycles. The Morgan fingerprint density at radius 3 is 2.68 bits per heavy atom. The van der Waals surface area contributed by atoms with Crippen molar-refractivity contribution in [3.8, 4) is 5.75 Å². The molecule has 128 valence electrons. The lowest BCUT2D eigenvalue weighted by molar-refractivity contribution is 0.306. The van der Waals surface area contributed by atoms with Crippen LogP contribution in [0.5, 0.6) is 5.75 Å². The minimum Gasteiger partial charge on any atom is -0.489 e. The number of benzene rings is 2.